The Balaban J connectivity index is 2.15. The van der Waals surface area contributed by atoms with Crippen molar-refractivity contribution in [2.24, 2.45) is 5.92 Å². The molecule has 2 aromatic carbocycles. The predicted molar refractivity (Wildman–Crippen MR) is 91.6 cm³/mol. The Kier molecular flexibility index (Phi) is 5.38. The molecule has 0 aliphatic rings. The largest absolute Gasteiger partial charge is 0.354 e. The molecule has 1 atom stereocenters. The Hall–Kier alpha value is -1.92. The lowest BCUT2D eigenvalue weighted by Crippen LogP contribution is -2.45. The standard InChI is InChI=1S/C17H22N2O3S/c1-12(2)11-18-17(20)13(3)19-23(21,22)16-9-8-14-6-4-5-7-15(14)10-16/h4-10,12-13,19H,11H2,1-3H3,(H,18,20)/t13-/m0/s1. The molecule has 0 spiro atoms. The van der Waals surface area contributed by atoms with Crippen LogP contribution in [0.5, 0.6) is 0 Å². The summed E-state index contributed by atoms with van der Waals surface area (Å²) in [5.74, 6) is -0.0219. The van der Waals surface area contributed by atoms with E-state index in [9.17, 15) is 13.2 Å². The third kappa shape index (κ3) is 4.53. The molecule has 2 rings (SSSR count). The van der Waals surface area contributed by atoms with Gasteiger partial charge in [-0.25, -0.2) is 8.42 Å². The summed E-state index contributed by atoms with van der Waals surface area (Å²) in [6, 6.07) is 11.6. The van der Waals surface area contributed by atoms with Crippen molar-refractivity contribution >= 4 is 26.7 Å². The second-order valence-electron chi connectivity index (χ2n) is 5.99. The van der Waals surface area contributed by atoms with E-state index in [1.54, 1.807) is 18.2 Å². The van der Waals surface area contributed by atoms with Crippen molar-refractivity contribution in [3.8, 4) is 0 Å². The summed E-state index contributed by atoms with van der Waals surface area (Å²) in [7, 11) is -3.75. The molecule has 124 valence electrons. The van der Waals surface area contributed by atoms with E-state index in [1.807, 2.05) is 38.1 Å². The first kappa shape index (κ1) is 17.4. The van der Waals surface area contributed by atoms with Crippen molar-refractivity contribution in [1.29, 1.82) is 0 Å². The van der Waals surface area contributed by atoms with Gasteiger partial charge in [0.1, 0.15) is 0 Å². The molecule has 6 heteroatoms. The van der Waals surface area contributed by atoms with Crippen LogP contribution in [0.15, 0.2) is 47.4 Å². The van der Waals surface area contributed by atoms with Gasteiger partial charge in [0.15, 0.2) is 0 Å². The quantitative estimate of drug-likeness (QED) is 0.851. The molecule has 0 saturated carbocycles. The van der Waals surface area contributed by atoms with Gasteiger partial charge in [-0.05, 0) is 35.7 Å². The third-order valence-electron chi connectivity index (χ3n) is 3.44. The first-order valence-electron chi connectivity index (χ1n) is 7.58. The van der Waals surface area contributed by atoms with Crippen LogP contribution in [0.25, 0.3) is 10.8 Å². The molecule has 0 radical (unpaired) electrons. The first-order chi connectivity index (χ1) is 10.8. The number of benzene rings is 2. The van der Waals surface area contributed by atoms with Gasteiger partial charge in [0.2, 0.25) is 15.9 Å². The van der Waals surface area contributed by atoms with Crippen LogP contribution in [0.3, 0.4) is 0 Å². The predicted octanol–water partition coefficient (Wildman–Crippen LogP) is 2.28. The molecule has 2 N–H and O–H groups in total. The molecular weight excluding hydrogens is 312 g/mol. The summed E-state index contributed by atoms with van der Waals surface area (Å²) < 4.78 is 27.3. The van der Waals surface area contributed by atoms with Gasteiger partial charge >= 0.3 is 0 Å². The summed E-state index contributed by atoms with van der Waals surface area (Å²) in [5.41, 5.74) is 0. The van der Waals surface area contributed by atoms with E-state index in [-0.39, 0.29) is 10.8 Å². The molecule has 1 amide bonds. The molecule has 5 nitrogen and oxygen atoms in total. The number of nitrogens with one attached hydrogen (secondary N) is 2. The van der Waals surface area contributed by atoms with Gasteiger partial charge in [0.25, 0.3) is 0 Å². The lowest BCUT2D eigenvalue weighted by molar-refractivity contribution is -0.122. The molecule has 0 fully saturated rings. The van der Waals surface area contributed by atoms with Crippen molar-refractivity contribution < 1.29 is 13.2 Å². The smallest absolute Gasteiger partial charge is 0.241 e. The Morgan fingerprint density at radius 3 is 2.35 bits per heavy atom. The number of carbonyl (C=O) groups is 1. The number of amides is 1. The lowest BCUT2D eigenvalue weighted by atomic mass is 10.1. The minimum Gasteiger partial charge on any atom is -0.354 e. The minimum absolute atomic E-state index is 0.153. The Bertz CT molecular complexity index is 800. The Labute approximate surface area is 137 Å². The molecule has 0 aromatic heterocycles. The summed E-state index contributed by atoms with van der Waals surface area (Å²) >= 11 is 0. The number of hydrogen-bond acceptors (Lipinski definition) is 3. The fourth-order valence-corrected chi connectivity index (χ4v) is 3.38. The molecule has 23 heavy (non-hydrogen) atoms. The average Bonchev–Trinajstić information content (AvgIpc) is 2.51. The van der Waals surface area contributed by atoms with E-state index in [1.165, 1.54) is 6.92 Å². The fraction of sp³-hybridized carbons (Fsp3) is 0.353. The number of rotatable bonds is 6. The molecule has 0 saturated heterocycles. The maximum Gasteiger partial charge on any atom is 0.241 e. The van der Waals surface area contributed by atoms with E-state index >= 15 is 0 Å². The molecule has 0 aliphatic heterocycles. The van der Waals surface area contributed by atoms with Gasteiger partial charge in [-0.15, -0.1) is 0 Å². The van der Waals surface area contributed by atoms with Gasteiger partial charge in [-0.2, -0.15) is 4.72 Å². The third-order valence-corrected chi connectivity index (χ3v) is 4.98. The van der Waals surface area contributed by atoms with Gasteiger partial charge in [-0.3, -0.25) is 4.79 Å². The summed E-state index contributed by atoms with van der Waals surface area (Å²) in [4.78, 5) is 12.1. The van der Waals surface area contributed by atoms with E-state index in [2.05, 4.69) is 10.0 Å². The van der Waals surface area contributed by atoms with Crippen molar-refractivity contribution in [3.63, 3.8) is 0 Å². The second-order valence-corrected chi connectivity index (χ2v) is 7.70. The minimum atomic E-state index is -3.75. The molecule has 2 aromatic rings. The molecule has 0 bridgehead atoms. The first-order valence-corrected chi connectivity index (χ1v) is 9.07. The SMILES string of the molecule is CC(C)CNC(=O)[C@H](C)NS(=O)(=O)c1ccc2ccccc2c1. The van der Waals surface area contributed by atoms with Crippen molar-refractivity contribution in [2.45, 2.75) is 31.7 Å². The van der Waals surface area contributed by atoms with Crippen LogP contribution in [-0.4, -0.2) is 26.9 Å². The number of carbonyl (C=O) groups excluding carboxylic acids is 1. The van der Waals surface area contributed by atoms with Crippen LogP contribution >= 0.6 is 0 Å². The maximum absolute atomic E-state index is 12.4. The van der Waals surface area contributed by atoms with Crippen molar-refractivity contribution in [3.05, 3.63) is 42.5 Å². The Morgan fingerprint density at radius 1 is 1.04 bits per heavy atom. The van der Waals surface area contributed by atoms with Gasteiger partial charge in [0.05, 0.1) is 10.9 Å². The van der Waals surface area contributed by atoms with E-state index in [4.69, 9.17) is 0 Å². The highest BCUT2D eigenvalue weighted by Crippen LogP contribution is 2.19. The number of fused-ring (bicyclic) bond motifs is 1. The van der Waals surface area contributed by atoms with E-state index in [0.717, 1.165) is 10.8 Å². The fourth-order valence-electron chi connectivity index (χ4n) is 2.15. The normalized spacial score (nSPS) is 13.2. The summed E-state index contributed by atoms with van der Waals surface area (Å²) in [6.45, 7) is 6.00. The maximum atomic E-state index is 12.4. The highest BCUT2D eigenvalue weighted by Gasteiger charge is 2.22. The molecule has 0 heterocycles. The zero-order valence-corrected chi connectivity index (χ0v) is 14.4. The van der Waals surface area contributed by atoms with Crippen LogP contribution in [0.1, 0.15) is 20.8 Å². The highest BCUT2D eigenvalue weighted by molar-refractivity contribution is 7.89. The Morgan fingerprint density at radius 2 is 1.70 bits per heavy atom. The van der Waals surface area contributed by atoms with E-state index in [0.29, 0.717) is 12.5 Å². The van der Waals surface area contributed by atoms with Gasteiger partial charge in [-0.1, -0.05) is 44.2 Å². The zero-order valence-electron chi connectivity index (χ0n) is 13.5. The second kappa shape index (κ2) is 7.10. The molecule has 0 unspecified atom stereocenters. The topological polar surface area (TPSA) is 75.3 Å². The van der Waals surface area contributed by atoms with Gasteiger partial charge < -0.3 is 5.32 Å². The molecule has 0 aliphatic carbocycles. The van der Waals surface area contributed by atoms with Crippen molar-refractivity contribution in [2.75, 3.05) is 6.54 Å². The van der Waals surface area contributed by atoms with Crippen molar-refractivity contribution in [1.82, 2.24) is 10.0 Å². The number of hydrogen-bond donors (Lipinski definition) is 2. The average molecular weight is 334 g/mol. The number of sulfonamides is 1. The van der Waals surface area contributed by atoms with Crippen LogP contribution in [0.4, 0.5) is 0 Å². The highest BCUT2D eigenvalue weighted by atomic mass is 32.2. The van der Waals surface area contributed by atoms with E-state index < -0.39 is 16.1 Å². The molecular formula is C17H22N2O3S. The zero-order chi connectivity index (χ0) is 17.0. The summed E-state index contributed by atoms with van der Waals surface area (Å²) in [5, 5.41) is 4.53. The summed E-state index contributed by atoms with van der Waals surface area (Å²) in [6.07, 6.45) is 0. The van der Waals surface area contributed by atoms with Crippen LogP contribution < -0.4 is 10.0 Å². The lowest BCUT2D eigenvalue weighted by Gasteiger charge is -2.15. The van der Waals surface area contributed by atoms with Crippen LogP contribution in [0.2, 0.25) is 0 Å². The van der Waals surface area contributed by atoms with Gasteiger partial charge in [0, 0.05) is 6.54 Å². The van der Waals surface area contributed by atoms with Crippen LogP contribution in [0, 0.1) is 5.92 Å². The van der Waals surface area contributed by atoms with Crippen LogP contribution in [-0.2, 0) is 14.8 Å². The monoisotopic (exact) mass is 334 g/mol.